The van der Waals surface area contributed by atoms with Crippen molar-refractivity contribution in [1.82, 2.24) is 14.9 Å². The van der Waals surface area contributed by atoms with E-state index in [2.05, 4.69) is 15.3 Å². The second-order valence-electron chi connectivity index (χ2n) is 3.99. The number of aryl methyl sites for hydroxylation is 1. The molecule has 0 radical (unpaired) electrons. The summed E-state index contributed by atoms with van der Waals surface area (Å²) in [5.41, 5.74) is 0.706. The number of hydrogen-bond acceptors (Lipinski definition) is 4. The van der Waals surface area contributed by atoms with Crippen molar-refractivity contribution in [3.8, 4) is 0 Å². The molecule has 0 unspecified atom stereocenters. The minimum absolute atomic E-state index is 0.0617. The minimum atomic E-state index is -0.887. The third-order valence-electron chi connectivity index (χ3n) is 2.71. The van der Waals surface area contributed by atoms with Crippen molar-refractivity contribution in [3.63, 3.8) is 0 Å². The number of carbonyl (C=O) groups is 1. The van der Waals surface area contributed by atoms with Gasteiger partial charge in [0.05, 0.1) is 16.9 Å². The molecule has 17 heavy (non-hydrogen) atoms. The summed E-state index contributed by atoms with van der Waals surface area (Å²) in [6.07, 6.45) is 1.41. The lowest BCUT2D eigenvalue weighted by atomic mass is 10.3. The molecule has 1 fully saturated rings. The monoisotopic (exact) mass is 256 g/mol. The van der Waals surface area contributed by atoms with Crippen LogP contribution >= 0.6 is 11.6 Å². The lowest BCUT2D eigenvalue weighted by Crippen LogP contribution is -2.30. The Morgan fingerprint density at radius 1 is 1.71 bits per heavy atom. The molecule has 1 amide bonds. The first-order chi connectivity index (χ1) is 8.06. The van der Waals surface area contributed by atoms with E-state index in [1.54, 1.807) is 6.92 Å². The molecule has 0 bridgehead atoms. The van der Waals surface area contributed by atoms with Gasteiger partial charge < -0.3 is 15.3 Å². The zero-order chi connectivity index (χ0) is 12.4. The van der Waals surface area contributed by atoms with Gasteiger partial charge in [0.2, 0.25) is 5.95 Å². The van der Waals surface area contributed by atoms with Gasteiger partial charge in [0.1, 0.15) is 0 Å². The van der Waals surface area contributed by atoms with E-state index in [9.17, 15) is 4.79 Å². The van der Waals surface area contributed by atoms with E-state index in [4.69, 9.17) is 16.7 Å². The fourth-order valence-corrected chi connectivity index (χ4v) is 1.85. The summed E-state index contributed by atoms with van der Waals surface area (Å²) >= 11 is 5.82. The number of nitrogens with zero attached hydrogens (tertiary/aromatic N) is 3. The molecule has 1 saturated heterocycles. The summed E-state index contributed by atoms with van der Waals surface area (Å²) in [7, 11) is 0. The standard InChI is InChI=1S/C10H13ClN4O2/c1-6-8(11)4-12-9(13-6)14-7-2-3-15(5-7)10(16)17/h4,7H,2-3,5H2,1H3,(H,16,17)(H,12,13,14)/t7-/m1/s1. The van der Waals surface area contributed by atoms with Crippen LogP contribution in [-0.4, -0.2) is 45.2 Å². The number of halogens is 1. The molecule has 0 aliphatic carbocycles. The van der Waals surface area contributed by atoms with Crippen molar-refractivity contribution in [1.29, 1.82) is 0 Å². The number of carboxylic acid groups (broad SMARTS) is 1. The summed E-state index contributed by atoms with van der Waals surface area (Å²) < 4.78 is 0. The van der Waals surface area contributed by atoms with Crippen LogP contribution in [0.2, 0.25) is 5.02 Å². The predicted octanol–water partition coefficient (Wildman–Crippen LogP) is 1.60. The first-order valence-electron chi connectivity index (χ1n) is 5.30. The molecular formula is C10H13ClN4O2. The molecule has 92 valence electrons. The van der Waals surface area contributed by atoms with E-state index in [0.717, 1.165) is 6.42 Å². The van der Waals surface area contributed by atoms with Crippen molar-refractivity contribution in [2.45, 2.75) is 19.4 Å². The van der Waals surface area contributed by atoms with Crippen LogP contribution in [0.3, 0.4) is 0 Å². The largest absolute Gasteiger partial charge is 0.465 e. The van der Waals surface area contributed by atoms with Gasteiger partial charge in [-0.2, -0.15) is 0 Å². The minimum Gasteiger partial charge on any atom is -0.465 e. The molecule has 1 atom stereocenters. The van der Waals surface area contributed by atoms with Crippen molar-refractivity contribution in [2.75, 3.05) is 18.4 Å². The van der Waals surface area contributed by atoms with Crippen molar-refractivity contribution >= 4 is 23.6 Å². The molecule has 2 rings (SSSR count). The Morgan fingerprint density at radius 2 is 2.47 bits per heavy atom. The fourth-order valence-electron chi connectivity index (χ4n) is 1.76. The van der Waals surface area contributed by atoms with Crippen LogP contribution in [0.5, 0.6) is 0 Å². The summed E-state index contributed by atoms with van der Waals surface area (Å²) in [5.74, 6) is 0.490. The van der Waals surface area contributed by atoms with Crippen LogP contribution in [0, 0.1) is 6.92 Å². The van der Waals surface area contributed by atoms with Gasteiger partial charge in [-0.25, -0.2) is 14.8 Å². The van der Waals surface area contributed by atoms with Crippen molar-refractivity contribution in [2.24, 2.45) is 0 Å². The highest BCUT2D eigenvalue weighted by atomic mass is 35.5. The highest BCUT2D eigenvalue weighted by Gasteiger charge is 2.26. The first kappa shape index (κ1) is 11.9. The molecule has 7 heteroatoms. The maximum atomic E-state index is 10.7. The third kappa shape index (κ3) is 2.76. The predicted molar refractivity (Wildman–Crippen MR) is 63.4 cm³/mol. The van der Waals surface area contributed by atoms with Gasteiger partial charge in [0.15, 0.2) is 0 Å². The Balaban J connectivity index is 1.98. The highest BCUT2D eigenvalue weighted by Crippen LogP contribution is 2.16. The smallest absolute Gasteiger partial charge is 0.407 e. The summed E-state index contributed by atoms with van der Waals surface area (Å²) in [4.78, 5) is 20.4. The van der Waals surface area contributed by atoms with Gasteiger partial charge in [0.25, 0.3) is 0 Å². The van der Waals surface area contributed by atoms with Crippen molar-refractivity contribution < 1.29 is 9.90 Å². The van der Waals surface area contributed by atoms with Gasteiger partial charge in [0, 0.05) is 19.1 Å². The fraction of sp³-hybridized carbons (Fsp3) is 0.500. The topological polar surface area (TPSA) is 78.4 Å². The molecule has 1 aliphatic rings. The number of nitrogens with one attached hydrogen (secondary N) is 1. The molecule has 1 aliphatic heterocycles. The van der Waals surface area contributed by atoms with Gasteiger partial charge in [-0.3, -0.25) is 0 Å². The number of anilines is 1. The van der Waals surface area contributed by atoms with E-state index in [1.807, 2.05) is 0 Å². The Morgan fingerprint density at radius 3 is 3.06 bits per heavy atom. The highest BCUT2D eigenvalue weighted by molar-refractivity contribution is 6.31. The lowest BCUT2D eigenvalue weighted by Gasteiger charge is -2.14. The van der Waals surface area contributed by atoms with Crippen LogP contribution in [0.15, 0.2) is 6.20 Å². The molecule has 6 nitrogen and oxygen atoms in total. The summed E-state index contributed by atoms with van der Waals surface area (Å²) in [6, 6.07) is 0.0617. The number of likely N-dealkylation sites (tertiary alicyclic amines) is 1. The Bertz CT molecular complexity index is 440. The van der Waals surface area contributed by atoms with Crippen LogP contribution < -0.4 is 5.32 Å². The van der Waals surface area contributed by atoms with Gasteiger partial charge in [-0.05, 0) is 13.3 Å². The first-order valence-corrected chi connectivity index (χ1v) is 5.67. The molecular weight excluding hydrogens is 244 g/mol. The second kappa shape index (κ2) is 4.75. The van der Waals surface area contributed by atoms with E-state index in [1.165, 1.54) is 11.1 Å². The maximum absolute atomic E-state index is 10.7. The Labute approximate surface area is 104 Å². The molecule has 1 aromatic rings. The zero-order valence-corrected chi connectivity index (χ0v) is 10.1. The Hall–Kier alpha value is -1.56. The number of aromatic nitrogens is 2. The third-order valence-corrected chi connectivity index (χ3v) is 3.08. The molecule has 1 aromatic heterocycles. The molecule has 0 spiro atoms. The number of hydrogen-bond donors (Lipinski definition) is 2. The van der Waals surface area contributed by atoms with Crippen LogP contribution in [0.4, 0.5) is 10.7 Å². The maximum Gasteiger partial charge on any atom is 0.407 e. The van der Waals surface area contributed by atoms with Gasteiger partial charge >= 0.3 is 6.09 Å². The quantitative estimate of drug-likeness (QED) is 0.840. The SMILES string of the molecule is Cc1nc(N[C@@H]2CCN(C(=O)O)C2)ncc1Cl. The van der Waals surface area contributed by atoms with Crippen LogP contribution in [0.25, 0.3) is 0 Å². The summed E-state index contributed by atoms with van der Waals surface area (Å²) in [6.45, 7) is 2.80. The average Bonchev–Trinajstić information content (AvgIpc) is 2.72. The molecule has 0 aromatic carbocycles. The van der Waals surface area contributed by atoms with Crippen LogP contribution in [-0.2, 0) is 0 Å². The van der Waals surface area contributed by atoms with Gasteiger partial charge in [-0.15, -0.1) is 0 Å². The van der Waals surface area contributed by atoms with E-state index < -0.39 is 6.09 Å². The van der Waals surface area contributed by atoms with Crippen molar-refractivity contribution in [3.05, 3.63) is 16.9 Å². The number of amides is 1. The zero-order valence-electron chi connectivity index (χ0n) is 9.35. The molecule has 2 N–H and O–H groups in total. The molecule has 2 heterocycles. The van der Waals surface area contributed by atoms with E-state index >= 15 is 0 Å². The van der Waals surface area contributed by atoms with Gasteiger partial charge in [-0.1, -0.05) is 11.6 Å². The average molecular weight is 257 g/mol. The normalized spacial score (nSPS) is 19.4. The van der Waals surface area contributed by atoms with Crippen LogP contribution in [0.1, 0.15) is 12.1 Å². The van der Waals surface area contributed by atoms with E-state index in [0.29, 0.717) is 29.8 Å². The second-order valence-corrected chi connectivity index (χ2v) is 4.39. The molecule has 0 saturated carbocycles. The Kier molecular flexibility index (Phi) is 3.33. The number of rotatable bonds is 2. The van der Waals surface area contributed by atoms with E-state index in [-0.39, 0.29) is 6.04 Å². The lowest BCUT2D eigenvalue weighted by molar-refractivity contribution is 0.155. The summed E-state index contributed by atoms with van der Waals surface area (Å²) in [5, 5.41) is 12.5.